The third-order valence-corrected chi connectivity index (χ3v) is 1.80. The van der Waals surface area contributed by atoms with Gasteiger partial charge in [-0.05, 0) is 25.7 Å². The predicted molar refractivity (Wildman–Crippen MR) is 60.1 cm³/mol. The average Bonchev–Trinajstić information content (AvgIpc) is 1.93. The topological polar surface area (TPSA) is 53.9 Å². The minimum absolute atomic E-state index is 0.0877. The Morgan fingerprint density at radius 2 is 2.07 bits per heavy atom. The molecule has 0 atom stereocenters. The molecule has 1 rings (SSSR count). The van der Waals surface area contributed by atoms with Gasteiger partial charge >= 0.3 is 0 Å². The van der Waals surface area contributed by atoms with E-state index in [1.165, 1.54) is 0 Å². The lowest BCUT2D eigenvalue weighted by Crippen LogP contribution is -2.29. The van der Waals surface area contributed by atoms with Crippen molar-refractivity contribution in [2.75, 3.05) is 0 Å². The summed E-state index contributed by atoms with van der Waals surface area (Å²) in [5.41, 5.74) is 0.166. The van der Waals surface area contributed by atoms with Crippen LogP contribution >= 0.6 is 0 Å². The number of hydrogen-bond donors (Lipinski definition) is 1. The third-order valence-electron chi connectivity index (χ3n) is 1.80. The molecule has 1 aromatic heterocycles. The van der Waals surface area contributed by atoms with Crippen molar-refractivity contribution in [3.8, 4) is 0 Å². The zero-order valence-corrected chi connectivity index (χ0v) is 10.0. The SMILES string of the molecule is [2H]c1nc([2H])[nH]c(=NC(C)(C)CC(C)(C)C)n1. The van der Waals surface area contributed by atoms with E-state index in [9.17, 15) is 0 Å². The van der Waals surface area contributed by atoms with Crippen LogP contribution in [0.1, 0.15) is 43.8 Å². The van der Waals surface area contributed by atoms with Crippen molar-refractivity contribution in [2.24, 2.45) is 10.4 Å². The van der Waals surface area contributed by atoms with Gasteiger partial charge in [0.15, 0.2) is 0 Å². The normalized spacial score (nSPS) is 16.2. The van der Waals surface area contributed by atoms with E-state index in [1.54, 1.807) is 0 Å². The minimum atomic E-state index is -0.290. The quantitative estimate of drug-likeness (QED) is 0.810. The molecular weight excluding hydrogens is 188 g/mol. The van der Waals surface area contributed by atoms with Crippen LogP contribution in [0.15, 0.2) is 17.6 Å². The fourth-order valence-electron chi connectivity index (χ4n) is 1.88. The van der Waals surface area contributed by atoms with Gasteiger partial charge in [-0.3, -0.25) is 0 Å². The summed E-state index contributed by atoms with van der Waals surface area (Å²) in [6, 6.07) is 0. The molecular formula is C11H20N4. The highest BCUT2D eigenvalue weighted by Gasteiger charge is 2.24. The van der Waals surface area contributed by atoms with Gasteiger partial charge in [-0.25, -0.2) is 15.0 Å². The summed E-state index contributed by atoms with van der Waals surface area (Å²) in [4.78, 5) is 14.5. The van der Waals surface area contributed by atoms with Crippen LogP contribution in [0.25, 0.3) is 0 Å². The summed E-state index contributed by atoms with van der Waals surface area (Å²) < 4.78 is 14.7. The molecule has 0 saturated carbocycles. The molecule has 0 spiro atoms. The number of nitrogens with zero attached hydrogens (tertiary/aromatic N) is 3. The van der Waals surface area contributed by atoms with Gasteiger partial charge in [0.05, 0.1) is 11.8 Å². The van der Waals surface area contributed by atoms with E-state index in [-0.39, 0.29) is 23.6 Å². The molecule has 0 unspecified atom stereocenters. The van der Waals surface area contributed by atoms with Crippen molar-refractivity contribution in [2.45, 2.75) is 46.6 Å². The standard InChI is InChI=1S/C11H20N4/c1-10(2,3)6-11(4,5)15-9-13-7-12-8-14-9/h7-8H,6H2,1-5H3,(H,12,13,14,15)/i7D,8D. The summed E-state index contributed by atoms with van der Waals surface area (Å²) in [6.45, 7) is 10.5. The van der Waals surface area contributed by atoms with Crippen LogP contribution in [0.3, 0.4) is 0 Å². The molecule has 0 bridgehead atoms. The molecule has 0 amide bonds. The summed E-state index contributed by atoms with van der Waals surface area (Å²) >= 11 is 0. The monoisotopic (exact) mass is 210 g/mol. The summed E-state index contributed by atoms with van der Waals surface area (Å²) in [6.07, 6.45) is 0.618. The largest absolute Gasteiger partial charge is 0.315 e. The summed E-state index contributed by atoms with van der Waals surface area (Å²) in [7, 11) is 0. The Morgan fingerprint density at radius 1 is 1.40 bits per heavy atom. The first kappa shape index (κ1) is 9.07. The molecule has 15 heavy (non-hydrogen) atoms. The first-order chi connectivity index (χ1) is 7.57. The van der Waals surface area contributed by atoms with Crippen molar-refractivity contribution >= 4 is 0 Å². The van der Waals surface area contributed by atoms with Crippen molar-refractivity contribution in [3.63, 3.8) is 0 Å². The van der Waals surface area contributed by atoms with E-state index in [1.807, 2.05) is 13.8 Å². The number of H-pyrrole nitrogens is 1. The Hall–Kier alpha value is -1.19. The van der Waals surface area contributed by atoms with Crippen molar-refractivity contribution < 1.29 is 2.74 Å². The maximum Gasteiger partial charge on any atom is 0.225 e. The Balaban J connectivity index is 3.09. The van der Waals surface area contributed by atoms with Crippen molar-refractivity contribution in [1.29, 1.82) is 0 Å². The van der Waals surface area contributed by atoms with E-state index < -0.39 is 0 Å². The second-order valence-electron chi connectivity index (χ2n) is 5.55. The van der Waals surface area contributed by atoms with E-state index in [0.717, 1.165) is 6.42 Å². The molecule has 0 radical (unpaired) electrons. The molecule has 4 nitrogen and oxygen atoms in total. The van der Waals surface area contributed by atoms with Gasteiger partial charge in [0.25, 0.3) is 0 Å². The van der Waals surface area contributed by atoms with Crippen LogP contribution in [0.5, 0.6) is 0 Å². The Bertz CT molecular complexity index is 434. The van der Waals surface area contributed by atoms with Crippen LogP contribution in [0, 0.1) is 5.41 Å². The Kier molecular flexibility index (Phi) is 2.49. The number of aromatic amines is 1. The summed E-state index contributed by atoms with van der Waals surface area (Å²) in [5, 5.41) is 0. The zero-order valence-electron chi connectivity index (χ0n) is 12.0. The number of rotatable bonds is 2. The first-order valence-electron chi connectivity index (χ1n) is 6.05. The molecule has 4 heteroatoms. The van der Waals surface area contributed by atoms with Gasteiger partial charge in [0, 0.05) is 0 Å². The predicted octanol–water partition coefficient (Wildman–Crippen LogP) is 1.92. The van der Waals surface area contributed by atoms with E-state index in [0.29, 0.717) is 5.62 Å². The zero-order chi connectivity index (χ0) is 13.3. The number of hydrogen-bond acceptors (Lipinski definition) is 3. The van der Waals surface area contributed by atoms with Gasteiger partial charge in [-0.15, -0.1) is 0 Å². The Labute approximate surface area is 93.7 Å². The second kappa shape index (κ2) is 4.13. The molecule has 0 fully saturated rings. The fourth-order valence-corrected chi connectivity index (χ4v) is 1.88. The van der Waals surface area contributed by atoms with Crippen LogP contribution in [-0.4, -0.2) is 20.5 Å². The van der Waals surface area contributed by atoms with Crippen LogP contribution in [0.4, 0.5) is 0 Å². The molecule has 1 N–H and O–H groups in total. The second-order valence-corrected chi connectivity index (χ2v) is 5.55. The number of nitrogens with one attached hydrogen (secondary N) is 1. The van der Waals surface area contributed by atoms with Crippen LogP contribution in [-0.2, 0) is 0 Å². The van der Waals surface area contributed by atoms with Gasteiger partial charge in [-0.2, -0.15) is 0 Å². The highest BCUT2D eigenvalue weighted by molar-refractivity contribution is 4.83. The fraction of sp³-hybridized carbons (Fsp3) is 0.727. The molecule has 84 valence electrons. The molecule has 0 saturated heterocycles. The Morgan fingerprint density at radius 3 is 2.60 bits per heavy atom. The lowest BCUT2D eigenvalue weighted by molar-refractivity contribution is 0.283. The van der Waals surface area contributed by atoms with Gasteiger partial charge in [-0.1, -0.05) is 20.8 Å². The third kappa shape index (κ3) is 4.72. The van der Waals surface area contributed by atoms with Gasteiger partial charge in [0.1, 0.15) is 9.04 Å². The molecule has 0 aliphatic heterocycles. The average molecular weight is 210 g/mol. The highest BCUT2D eigenvalue weighted by Crippen LogP contribution is 2.28. The van der Waals surface area contributed by atoms with Crippen LogP contribution in [0.2, 0.25) is 0 Å². The molecule has 0 aliphatic rings. The minimum Gasteiger partial charge on any atom is -0.315 e. The summed E-state index contributed by atoms with van der Waals surface area (Å²) in [5.74, 6) is 0. The van der Waals surface area contributed by atoms with Crippen LogP contribution < -0.4 is 5.62 Å². The number of aromatic nitrogens is 3. The lowest BCUT2D eigenvalue weighted by atomic mass is 9.82. The van der Waals surface area contributed by atoms with E-state index in [4.69, 9.17) is 2.74 Å². The van der Waals surface area contributed by atoms with Crippen molar-refractivity contribution in [1.82, 2.24) is 15.0 Å². The lowest BCUT2D eigenvalue weighted by Gasteiger charge is -2.28. The molecule has 1 heterocycles. The van der Waals surface area contributed by atoms with E-state index in [2.05, 4.69) is 40.7 Å². The molecule has 1 aromatic rings. The molecule has 0 aliphatic carbocycles. The van der Waals surface area contributed by atoms with Gasteiger partial charge in [0.2, 0.25) is 5.62 Å². The maximum absolute atomic E-state index is 7.38. The first-order valence-corrected chi connectivity index (χ1v) is 5.05. The van der Waals surface area contributed by atoms with E-state index >= 15 is 0 Å². The molecule has 0 aromatic carbocycles. The maximum atomic E-state index is 7.38. The highest BCUT2D eigenvalue weighted by atomic mass is 15.0. The van der Waals surface area contributed by atoms with Gasteiger partial charge < -0.3 is 4.98 Å². The van der Waals surface area contributed by atoms with Crippen molar-refractivity contribution in [3.05, 3.63) is 18.2 Å². The smallest absolute Gasteiger partial charge is 0.225 e.